The lowest BCUT2D eigenvalue weighted by Gasteiger charge is -2.26. The average Bonchev–Trinajstić information content (AvgIpc) is 2.26. The molecule has 0 aliphatic rings. The molecule has 0 aliphatic heterocycles. The molecule has 0 heterocycles. The number of halogens is 1. The fourth-order valence-corrected chi connectivity index (χ4v) is 2.26. The number of rotatable bonds is 6. The number of aliphatic hydroxyl groups is 1. The third-order valence-electron chi connectivity index (χ3n) is 2.93. The van der Waals surface area contributed by atoms with Gasteiger partial charge in [0.1, 0.15) is 5.75 Å². The largest absolute Gasteiger partial charge is 0.496 e. The van der Waals surface area contributed by atoms with Crippen molar-refractivity contribution in [1.82, 2.24) is 0 Å². The predicted octanol–water partition coefficient (Wildman–Crippen LogP) is 3.27. The van der Waals surface area contributed by atoms with E-state index >= 15 is 0 Å². The Balaban J connectivity index is 2.91. The van der Waals surface area contributed by atoms with Gasteiger partial charge in [0, 0.05) is 10.6 Å². The van der Waals surface area contributed by atoms with Crippen molar-refractivity contribution in [2.75, 3.05) is 7.11 Å². The second-order valence-corrected chi connectivity index (χ2v) is 5.78. The average molecular weight is 287 g/mol. The van der Waals surface area contributed by atoms with Gasteiger partial charge in [0.25, 0.3) is 0 Å². The van der Waals surface area contributed by atoms with Gasteiger partial charge in [-0.25, -0.2) is 0 Å². The van der Waals surface area contributed by atoms with E-state index in [9.17, 15) is 9.90 Å². The van der Waals surface area contributed by atoms with Gasteiger partial charge in [-0.15, -0.1) is 0 Å². The number of aliphatic hydroxyl groups excluding tert-OH is 1. The maximum atomic E-state index is 10.8. The van der Waals surface area contributed by atoms with Gasteiger partial charge in [0.2, 0.25) is 0 Å². The number of ether oxygens (including phenoxy) is 1. The first-order valence-electron chi connectivity index (χ1n) is 5.98. The van der Waals surface area contributed by atoms with Crippen LogP contribution < -0.4 is 4.74 Å². The van der Waals surface area contributed by atoms with E-state index < -0.39 is 17.5 Å². The Kier molecular flexibility index (Phi) is 5.20. The normalized spacial score (nSPS) is 13.1. The Morgan fingerprint density at radius 1 is 1.47 bits per heavy atom. The van der Waals surface area contributed by atoms with Crippen molar-refractivity contribution in [2.24, 2.45) is 5.41 Å². The van der Waals surface area contributed by atoms with Gasteiger partial charge < -0.3 is 14.9 Å². The van der Waals surface area contributed by atoms with Gasteiger partial charge in [-0.2, -0.15) is 0 Å². The van der Waals surface area contributed by atoms with E-state index in [-0.39, 0.29) is 6.42 Å². The second kappa shape index (κ2) is 6.26. The summed E-state index contributed by atoms with van der Waals surface area (Å²) >= 11 is 5.91. The van der Waals surface area contributed by atoms with Crippen LogP contribution in [0.2, 0.25) is 5.02 Å². The number of methoxy groups -OCH3 is 1. The van der Waals surface area contributed by atoms with E-state index in [0.717, 1.165) is 0 Å². The van der Waals surface area contributed by atoms with Gasteiger partial charge in [-0.1, -0.05) is 25.4 Å². The molecule has 4 nitrogen and oxygen atoms in total. The van der Waals surface area contributed by atoms with Crippen molar-refractivity contribution in [1.29, 1.82) is 0 Å². The minimum atomic E-state index is -0.879. The Labute approximate surface area is 118 Å². The molecule has 0 radical (unpaired) electrons. The van der Waals surface area contributed by atoms with Crippen LogP contribution in [0.3, 0.4) is 0 Å². The van der Waals surface area contributed by atoms with Crippen LogP contribution in [-0.2, 0) is 4.79 Å². The fraction of sp³-hybridized carbons (Fsp3) is 0.500. The van der Waals surface area contributed by atoms with Crippen LogP contribution in [0, 0.1) is 5.41 Å². The number of hydrogen-bond donors (Lipinski definition) is 2. The number of benzene rings is 1. The first kappa shape index (κ1) is 15.8. The quantitative estimate of drug-likeness (QED) is 0.842. The molecule has 0 aromatic heterocycles. The van der Waals surface area contributed by atoms with E-state index in [0.29, 0.717) is 22.8 Å². The Bertz CT molecular complexity index is 457. The molecular formula is C14H19ClO4. The molecule has 0 spiro atoms. The fourth-order valence-electron chi connectivity index (χ4n) is 2.08. The zero-order valence-corrected chi connectivity index (χ0v) is 12.1. The zero-order valence-electron chi connectivity index (χ0n) is 11.3. The lowest BCUT2D eigenvalue weighted by molar-refractivity contribution is -0.139. The molecule has 0 saturated carbocycles. The minimum absolute atomic E-state index is 0.00700. The first-order chi connectivity index (χ1) is 8.75. The molecule has 0 amide bonds. The highest BCUT2D eigenvalue weighted by Gasteiger charge is 2.27. The van der Waals surface area contributed by atoms with E-state index in [1.54, 1.807) is 32.0 Å². The summed E-state index contributed by atoms with van der Waals surface area (Å²) in [7, 11) is 1.52. The molecule has 0 aliphatic carbocycles. The topological polar surface area (TPSA) is 66.8 Å². The molecule has 1 rings (SSSR count). The highest BCUT2D eigenvalue weighted by atomic mass is 35.5. The van der Waals surface area contributed by atoms with Gasteiger partial charge in [-0.3, -0.25) is 4.79 Å². The molecule has 1 aromatic carbocycles. The van der Waals surface area contributed by atoms with Gasteiger partial charge in [0.05, 0.1) is 19.6 Å². The third-order valence-corrected chi connectivity index (χ3v) is 3.16. The van der Waals surface area contributed by atoms with Gasteiger partial charge in [-0.05, 0) is 30.0 Å². The van der Waals surface area contributed by atoms with Crippen molar-refractivity contribution in [3.05, 3.63) is 28.8 Å². The molecule has 1 aromatic rings. The summed E-state index contributed by atoms with van der Waals surface area (Å²) in [6.45, 7) is 3.61. The smallest absolute Gasteiger partial charge is 0.303 e. The van der Waals surface area contributed by atoms with Gasteiger partial charge >= 0.3 is 5.97 Å². The highest BCUT2D eigenvalue weighted by Crippen LogP contribution is 2.37. The molecular weight excluding hydrogens is 268 g/mol. The standard InChI is InChI=1S/C14H19ClO4/c1-14(2,8-13(17)18)7-11(16)10-6-9(15)4-5-12(10)19-3/h4-6,11,16H,7-8H2,1-3H3,(H,17,18). The molecule has 2 N–H and O–H groups in total. The number of carboxylic acids is 1. The maximum absolute atomic E-state index is 10.8. The van der Waals surface area contributed by atoms with Crippen molar-refractivity contribution in [3.63, 3.8) is 0 Å². The van der Waals surface area contributed by atoms with Crippen LogP contribution in [-0.4, -0.2) is 23.3 Å². The van der Waals surface area contributed by atoms with Crippen LogP contribution in [0.1, 0.15) is 38.4 Å². The van der Waals surface area contributed by atoms with Crippen LogP contribution in [0.25, 0.3) is 0 Å². The van der Waals surface area contributed by atoms with Gasteiger partial charge in [0.15, 0.2) is 0 Å². The summed E-state index contributed by atoms with van der Waals surface area (Å²) in [5.41, 5.74) is 0.0620. The summed E-state index contributed by atoms with van der Waals surface area (Å²) in [6.07, 6.45) is -0.508. The zero-order chi connectivity index (χ0) is 14.6. The Morgan fingerprint density at radius 2 is 2.11 bits per heavy atom. The molecule has 0 saturated heterocycles. The summed E-state index contributed by atoms with van der Waals surface area (Å²) in [5.74, 6) is -0.335. The number of hydrogen-bond acceptors (Lipinski definition) is 3. The minimum Gasteiger partial charge on any atom is -0.496 e. The third kappa shape index (κ3) is 4.73. The van der Waals surface area contributed by atoms with Crippen LogP contribution >= 0.6 is 11.6 Å². The van der Waals surface area contributed by atoms with E-state index in [1.165, 1.54) is 7.11 Å². The summed E-state index contributed by atoms with van der Waals surface area (Å²) in [6, 6.07) is 5.01. The van der Waals surface area contributed by atoms with Crippen LogP contribution in [0.4, 0.5) is 0 Å². The van der Waals surface area contributed by atoms with Crippen molar-refractivity contribution >= 4 is 17.6 Å². The summed E-state index contributed by atoms with van der Waals surface area (Å²) < 4.78 is 5.18. The molecule has 0 fully saturated rings. The summed E-state index contributed by atoms with van der Waals surface area (Å²) in [4.78, 5) is 10.8. The monoisotopic (exact) mass is 286 g/mol. The second-order valence-electron chi connectivity index (χ2n) is 5.34. The summed E-state index contributed by atoms with van der Waals surface area (Å²) in [5, 5.41) is 19.6. The number of aliphatic carboxylic acids is 1. The molecule has 19 heavy (non-hydrogen) atoms. The number of carboxylic acid groups (broad SMARTS) is 1. The van der Waals surface area contributed by atoms with Crippen molar-refractivity contribution in [2.45, 2.75) is 32.8 Å². The van der Waals surface area contributed by atoms with E-state index in [4.69, 9.17) is 21.4 Å². The maximum Gasteiger partial charge on any atom is 0.303 e. The highest BCUT2D eigenvalue weighted by molar-refractivity contribution is 6.30. The van der Waals surface area contributed by atoms with Crippen LogP contribution in [0.15, 0.2) is 18.2 Å². The predicted molar refractivity (Wildman–Crippen MR) is 73.6 cm³/mol. The lowest BCUT2D eigenvalue weighted by Crippen LogP contribution is -2.20. The Hall–Kier alpha value is -1.26. The molecule has 106 valence electrons. The first-order valence-corrected chi connectivity index (χ1v) is 6.36. The SMILES string of the molecule is COc1ccc(Cl)cc1C(O)CC(C)(C)CC(=O)O. The molecule has 1 unspecified atom stereocenters. The van der Waals surface area contributed by atoms with E-state index in [1.807, 2.05) is 0 Å². The Morgan fingerprint density at radius 3 is 2.63 bits per heavy atom. The molecule has 1 atom stereocenters. The van der Waals surface area contributed by atoms with Crippen molar-refractivity contribution in [3.8, 4) is 5.75 Å². The lowest BCUT2D eigenvalue weighted by atomic mass is 9.82. The van der Waals surface area contributed by atoms with E-state index in [2.05, 4.69) is 0 Å². The molecule has 5 heteroatoms. The number of carbonyl (C=O) groups is 1. The van der Waals surface area contributed by atoms with Crippen molar-refractivity contribution < 1.29 is 19.7 Å². The molecule has 0 bridgehead atoms. The van der Waals surface area contributed by atoms with Crippen LogP contribution in [0.5, 0.6) is 5.75 Å².